The highest BCUT2D eigenvalue weighted by Gasteiger charge is 2.43. The molecule has 12 rings (SSSR count). The number of fused-ring (bicyclic) bond motifs is 7. The van der Waals surface area contributed by atoms with E-state index in [9.17, 15) is 10.5 Å². The molecule has 0 saturated carbocycles. The van der Waals surface area contributed by atoms with Gasteiger partial charge in [0, 0.05) is 56.0 Å². The lowest BCUT2D eigenvalue weighted by Gasteiger charge is -2.44. The first-order valence-corrected chi connectivity index (χ1v) is 21.2. The smallest absolute Gasteiger partial charge is 0.252 e. The number of para-hydroxylation sites is 5. The number of hydrogen-bond acceptors (Lipinski definition) is 4. The molecule has 7 heteroatoms. The molecule has 64 heavy (non-hydrogen) atoms. The highest BCUT2D eigenvalue weighted by Crippen LogP contribution is 2.47. The van der Waals surface area contributed by atoms with E-state index in [2.05, 4.69) is 189 Å². The van der Waals surface area contributed by atoms with Crippen molar-refractivity contribution in [1.82, 2.24) is 4.57 Å². The van der Waals surface area contributed by atoms with Gasteiger partial charge in [0.25, 0.3) is 6.71 Å². The van der Waals surface area contributed by atoms with E-state index in [0.717, 1.165) is 78.3 Å². The average Bonchev–Trinajstić information content (AvgIpc) is 3.69. The van der Waals surface area contributed by atoms with E-state index < -0.39 is 0 Å². The highest BCUT2D eigenvalue weighted by molar-refractivity contribution is 7.00. The van der Waals surface area contributed by atoms with Gasteiger partial charge in [-0.1, -0.05) is 97.1 Å². The highest BCUT2D eigenvalue weighted by atomic mass is 15.2. The van der Waals surface area contributed by atoms with Crippen LogP contribution in [0.4, 0.5) is 39.8 Å². The Morgan fingerprint density at radius 3 is 1.67 bits per heavy atom. The first-order valence-electron chi connectivity index (χ1n) is 21.2. The normalized spacial score (nSPS) is 12.2. The average molecular weight is 813 g/mol. The quantitative estimate of drug-likeness (QED) is 0.128. The minimum Gasteiger partial charge on any atom is -0.311 e. The standard InChI is InChI=1S/C57H33BN6/c1-61-42-29-38(36-60)28-41(31-42)46-30-37(35-59)24-26-51(46)64-50-21-11-8-18-45(50)47-32-39(25-27-52(47)64)40-33-55-57-56(34-40)63(44-16-6-3-7-17-44)54-23-13-10-20-49(54)58(57)48-19-9-12-22-53(48)62(55)43-14-4-2-5-15-43/h2-34H. The summed E-state index contributed by atoms with van der Waals surface area (Å²) in [6.45, 7) is 7.79. The summed E-state index contributed by atoms with van der Waals surface area (Å²) in [5, 5.41) is 22.1. The van der Waals surface area contributed by atoms with Gasteiger partial charge >= 0.3 is 0 Å². The number of nitriles is 2. The first-order chi connectivity index (χ1) is 31.6. The van der Waals surface area contributed by atoms with Gasteiger partial charge in [0.1, 0.15) is 0 Å². The van der Waals surface area contributed by atoms with Crippen molar-refractivity contribution in [3.8, 4) is 40.1 Å². The van der Waals surface area contributed by atoms with Crippen LogP contribution in [0.5, 0.6) is 0 Å². The Balaban J connectivity index is 1.12. The third-order valence-electron chi connectivity index (χ3n) is 12.8. The second kappa shape index (κ2) is 14.5. The molecule has 10 aromatic rings. The number of hydrogen-bond donors (Lipinski definition) is 0. The van der Waals surface area contributed by atoms with Crippen LogP contribution in [0.25, 0.3) is 54.6 Å². The van der Waals surface area contributed by atoms with Crippen LogP contribution in [0.1, 0.15) is 11.1 Å². The molecule has 0 aliphatic carbocycles. The fourth-order valence-electron chi connectivity index (χ4n) is 10.1. The topological polar surface area (TPSA) is 63.4 Å². The molecule has 1 aromatic heterocycles. The van der Waals surface area contributed by atoms with Gasteiger partial charge in [0.2, 0.25) is 0 Å². The lowest BCUT2D eigenvalue weighted by atomic mass is 9.33. The number of nitrogens with zero attached hydrogens (tertiary/aromatic N) is 6. The number of anilines is 6. The van der Waals surface area contributed by atoms with Crippen molar-refractivity contribution in [1.29, 1.82) is 10.5 Å². The second-order valence-electron chi connectivity index (χ2n) is 16.2. The van der Waals surface area contributed by atoms with Crippen molar-refractivity contribution in [3.05, 3.63) is 223 Å². The zero-order valence-electron chi connectivity index (χ0n) is 34.3. The van der Waals surface area contributed by atoms with Gasteiger partial charge in [-0.2, -0.15) is 10.5 Å². The summed E-state index contributed by atoms with van der Waals surface area (Å²) in [5.41, 5.74) is 18.3. The number of benzene rings is 9. The van der Waals surface area contributed by atoms with Crippen molar-refractivity contribution in [2.75, 3.05) is 9.80 Å². The Kier molecular flexibility index (Phi) is 8.34. The van der Waals surface area contributed by atoms with Crippen molar-refractivity contribution >= 4 is 84.7 Å². The van der Waals surface area contributed by atoms with E-state index in [-0.39, 0.29) is 6.71 Å². The summed E-state index contributed by atoms with van der Waals surface area (Å²) >= 11 is 0. The molecule has 0 fully saturated rings. The van der Waals surface area contributed by atoms with Gasteiger partial charge in [-0.3, -0.25) is 0 Å². The van der Waals surface area contributed by atoms with E-state index in [1.54, 1.807) is 18.2 Å². The molecule has 0 N–H and O–H groups in total. The van der Waals surface area contributed by atoms with Crippen LogP contribution >= 0.6 is 0 Å². The van der Waals surface area contributed by atoms with Crippen molar-refractivity contribution in [2.45, 2.75) is 0 Å². The Morgan fingerprint density at radius 1 is 0.438 bits per heavy atom. The zero-order chi connectivity index (χ0) is 42.9. The monoisotopic (exact) mass is 812 g/mol. The predicted molar refractivity (Wildman–Crippen MR) is 261 cm³/mol. The maximum Gasteiger partial charge on any atom is 0.252 e. The largest absolute Gasteiger partial charge is 0.311 e. The molecular formula is C57H33BN6. The Bertz CT molecular complexity index is 3540. The minimum atomic E-state index is 0.0215. The fourth-order valence-corrected chi connectivity index (χ4v) is 10.1. The van der Waals surface area contributed by atoms with Gasteiger partial charge in [0.05, 0.1) is 41.0 Å². The summed E-state index contributed by atoms with van der Waals surface area (Å²) in [5.74, 6) is 0. The van der Waals surface area contributed by atoms with Crippen LogP contribution < -0.4 is 26.2 Å². The molecule has 2 aliphatic heterocycles. The van der Waals surface area contributed by atoms with Crippen molar-refractivity contribution in [2.24, 2.45) is 0 Å². The molecule has 2 aliphatic rings. The van der Waals surface area contributed by atoms with E-state index in [0.29, 0.717) is 22.4 Å². The molecule has 294 valence electrons. The van der Waals surface area contributed by atoms with Crippen molar-refractivity contribution in [3.63, 3.8) is 0 Å². The SMILES string of the molecule is [C-]#[N+]c1cc(C#N)cc(-c2cc(C#N)ccc2-n2c3ccccc3c3cc(-c4cc5c6c(c4)N(c4ccccc4)c4ccccc4B6c4ccccc4N5c4ccccc4)ccc32)c1. The van der Waals surface area contributed by atoms with Gasteiger partial charge in [-0.15, -0.1) is 0 Å². The van der Waals surface area contributed by atoms with Crippen LogP contribution in [0, 0.1) is 29.2 Å². The van der Waals surface area contributed by atoms with Gasteiger partial charge < -0.3 is 14.4 Å². The van der Waals surface area contributed by atoms with E-state index in [4.69, 9.17) is 6.57 Å². The molecule has 6 nitrogen and oxygen atoms in total. The first kappa shape index (κ1) is 36.7. The van der Waals surface area contributed by atoms with E-state index in [1.165, 1.54) is 16.4 Å². The number of aromatic nitrogens is 1. The third kappa shape index (κ3) is 5.58. The maximum atomic E-state index is 10.0. The summed E-state index contributed by atoms with van der Waals surface area (Å²) in [7, 11) is 0. The minimum absolute atomic E-state index is 0.0215. The summed E-state index contributed by atoms with van der Waals surface area (Å²) in [6.07, 6.45) is 0. The molecule has 3 heterocycles. The van der Waals surface area contributed by atoms with E-state index >= 15 is 0 Å². The fraction of sp³-hybridized carbons (Fsp3) is 0. The third-order valence-corrected chi connectivity index (χ3v) is 12.8. The molecule has 0 saturated heterocycles. The molecule has 0 unspecified atom stereocenters. The molecule has 9 aromatic carbocycles. The molecular weight excluding hydrogens is 779 g/mol. The number of rotatable bonds is 5. The lowest BCUT2D eigenvalue weighted by Crippen LogP contribution is -2.61. The van der Waals surface area contributed by atoms with Crippen LogP contribution in [0.2, 0.25) is 0 Å². The zero-order valence-corrected chi connectivity index (χ0v) is 34.3. The second-order valence-corrected chi connectivity index (χ2v) is 16.2. The predicted octanol–water partition coefficient (Wildman–Crippen LogP) is 12.5. The Morgan fingerprint density at radius 2 is 1.03 bits per heavy atom. The van der Waals surface area contributed by atoms with Gasteiger partial charge in [-0.25, -0.2) is 4.85 Å². The van der Waals surface area contributed by atoms with Gasteiger partial charge in [-0.05, 0) is 136 Å². The Hall–Kier alpha value is -9.09. The maximum absolute atomic E-state index is 10.0. The molecule has 0 atom stereocenters. The van der Waals surface area contributed by atoms with Crippen molar-refractivity contribution < 1.29 is 0 Å². The van der Waals surface area contributed by atoms with Gasteiger partial charge in [0.15, 0.2) is 5.69 Å². The summed E-state index contributed by atoms with van der Waals surface area (Å²) < 4.78 is 2.24. The van der Waals surface area contributed by atoms with Crippen LogP contribution in [0.3, 0.4) is 0 Å². The summed E-state index contributed by atoms with van der Waals surface area (Å²) in [6, 6.07) is 74.3. The van der Waals surface area contributed by atoms with Crippen LogP contribution in [-0.2, 0) is 0 Å². The molecule has 0 bridgehead atoms. The Labute approximate surface area is 370 Å². The lowest BCUT2D eigenvalue weighted by molar-refractivity contribution is 1.18. The van der Waals surface area contributed by atoms with Crippen LogP contribution in [-0.4, -0.2) is 11.3 Å². The van der Waals surface area contributed by atoms with Crippen LogP contribution in [0.15, 0.2) is 200 Å². The van der Waals surface area contributed by atoms with E-state index in [1.807, 2.05) is 24.3 Å². The molecule has 0 spiro atoms. The molecule has 0 radical (unpaired) electrons. The summed E-state index contributed by atoms with van der Waals surface area (Å²) in [4.78, 5) is 8.54. The molecule has 0 amide bonds.